The minimum Gasteiger partial charge on any atom is -0.478 e. The number of aromatic carboxylic acids is 3. The quantitative estimate of drug-likeness (QED) is 0.148. The third kappa shape index (κ3) is 20.8. The van der Waals surface area contributed by atoms with E-state index in [4.69, 9.17) is 4.74 Å². The predicted octanol–water partition coefficient (Wildman–Crippen LogP) is 24.4. The van der Waals surface area contributed by atoms with Crippen LogP contribution in [-0.4, -0.2) is 46.3 Å². The SMILES string of the molecule is Brc1cc2ccc1CCc1ccc(c(Br)c1)CC2.COC(=O)c1cc2c(Br)cc1CCc1ccc(cc1Br)CC2.O=C(O)c1cc2c(Br)cc1CCc1ccc(cc1Br)CC2.O=C(O)c1cc2c(Br)cc1CCc1ccc(cc1Br)CC2.O=C(O)c1cc2c(Br)cc1CCc1ccc(cc1Br)CC2. The van der Waals surface area contributed by atoms with Gasteiger partial charge in [-0.1, -0.05) is 232 Å². The van der Waals surface area contributed by atoms with Crippen LogP contribution >= 0.6 is 159 Å². The van der Waals surface area contributed by atoms with Crippen LogP contribution in [0, 0.1) is 0 Å². The number of esters is 1. The summed E-state index contributed by atoms with van der Waals surface area (Å²) >= 11 is 36.3. The molecule has 20 aliphatic rings. The zero-order valence-corrected chi connectivity index (χ0v) is 72.2. The lowest BCUT2D eigenvalue weighted by Crippen LogP contribution is -2.09. The van der Waals surface area contributed by atoms with E-state index in [0.717, 1.165) is 209 Å². The van der Waals surface area contributed by atoms with Crippen molar-refractivity contribution in [2.24, 2.45) is 0 Å². The highest BCUT2D eigenvalue weighted by Crippen LogP contribution is 2.35. The molecule has 0 unspecified atom stereocenters. The fraction of sp³-hybridized carbons (Fsp3) is 0.247. The first kappa shape index (κ1) is 78.9. The number of rotatable bonds is 4. The molecule has 0 spiro atoms. The van der Waals surface area contributed by atoms with Gasteiger partial charge in [0.2, 0.25) is 0 Å². The number of hydrogen-bond acceptors (Lipinski definition) is 5. The Balaban J connectivity index is 0.000000129. The normalized spacial score (nSPS) is 13.9. The van der Waals surface area contributed by atoms with E-state index >= 15 is 0 Å². The number of benzene rings is 10. The number of carbonyl (C=O) groups is 4. The molecule has 0 amide bonds. The summed E-state index contributed by atoms with van der Waals surface area (Å²) in [5.74, 6) is -2.79. The van der Waals surface area contributed by atoms with Crippen molar-refractivity contribution in [3.05, 3.63) is 336 Å². The average molecular weight is 2020 g/mol. The van der Waals surface area contributed by atoms with Crippen LogP contribution in [0.15, 0.2) is 202 Å². The summed E-state index contributed by atoms with van der Waals surface area (Å²) in [5, 5.41) is 28.3. The Morgan fingerprint density at radius 3 is 0.583 bits per heavy atom. The zero-order valence-electron chi connectivity index (χ0n) is 56.3. The van der Waals surface area contributed by atoms with E-state index in [0.29, 0.717) is 22.3 Å². The Kier molecular flexibility index (Phi) is 28.1. The van der Waals surface area contributed by atoms with E-state index in [2.05, 4.69) is 275 Å². The summed E-state index contributed by atoms with van der Waals surface area (Å²) in [4.78, 5) is 46.6. The molecule has 0 aliphatic heterocycles. The monoisotopic (exact) mass is 2010 g/mol. The second-order valence-corrected chi connectivity index (χ2v) is 34.9. The lowest BCUT2D eigenvalue weighted by atomic mass is 9.93. The van der Waals surface area contributed by atoms with E-state index in [-0.39, 0.29) is 5.97 Å². The smallest absolute Gasteiger partial charge is 0.338 e. The van der Waals surface area contributed by atoms with Crippen molar-refractivity contribution < 1.29 is 39.2 Å². The molecule has 30 rings (SSSR count). The van der Waals surface area contributed by atoms with Crippen molar-refractivity contribution in [1.29, 1.82) is 0 Å². The molecule has 0 aromatic heterocycles. The molecule has 20 bridgehead atoms. The van der Waals surface area contributed by atoms with Gasteiger partial charge < -0.3 is 20.1 Å². The number of methoxy groups -OCH3 is 1. The van der Waals surface area contributed by atoms with Crippen molar-refractivity contribution in [3.63, 3.8) is 0 Å². The Morgan fingerprint density at radius 1 is 0.223 bits per heavy atom. The fourth-order valence-corrected chi connectivity index (χ4v) is 19.7. The highest BCUT2D eigenvalue weighted by molar-refractivity contribution is 9.12. The molecule has 0 saturated carbocycles. The number of carboxylic acid groups (broad SMARTS) is 3. The minimum atomic E-state index is -0.844. The van der Waals surface area contributed by atoms with Crippen molar-refractivity contribution in [1.82, 2.24) is 0 Å². The molecule has 103 heavy (non-hydrogen) atoms. The van der Waals surface area contributed by atoms with Gasteiger partial charge in [-0.25, -0.2) is 19.2 Å². The van der Waals surface area contributed by atoms with Gasteiger partial charge in [0, 0.05) is 44.7 Å². The van der Waals surface area contributed by atoms with Crippen LogP contribution < -0.4 is 0 Å². The van der Waals surface area contributed by atoms with Crippen LogP contribution in [0.25, 0.3) is 0 Å². The number of carbonyl (C=O) groups excluding carboxylic acids is 1. The second kappa shape index (κ2) is 36.7. The fourth-order valence-electron chi connectivity index (χ4n) is 13.6. The van der Waals surface area contributed by atoms with Crippen LogP contribution in [0.1, 0.15) is 153 Å². The predicted molar refractivity (Wildman–Crippen MR) is 448 cm³/mol. The van der Waals surface area contributed by atoms with Crippen molar-refractivity contribution in [2.45, 2.75) is 128 Å². The first-order valence-electron chi connectivity index (χ1n) is 34.1. The van der Waals surface area contributed by atoms with Gasteiger partial charge in [0.1, 0.15) is 0 Å². The van der Waals surface area contributed by atoms with Crippen LogP contribution in [-0.2, 0) is 133 Å². The maximum Gasteiger partial charge on any atom is 0.338 e. The van der Waals surface area contributed by atoms with E-state index in [9.17, 15) is 34.5 Å². The first-order chi connectivity index (χ1) is 49.4. The number of halogens is 10. The van der Waals surface area contributed by atoms with Gasteiger partial charge in [0.25, 0.3) is 0 Å². The number of hydrogen-bond donors (Lipinski definition) is 3. The van der Waals surface area contributed by atoms with Crippen molar-refractivity contribution in [3.8, 4) is 0 Å². The number of carboxylic acids is 3. The van der Waals surface area contributed by atoms with Crippen LogP contribution in [0.2, 0.25) is 0 Å². The van der Waals surface area contributed by atoms with Gasteiger partial charge in [-0.05, 0) is 325 Å². The third-order valence-corrected chi connectivity index (χ3v) is 27.0. The van der Waals surface area contributed by atoms with Crippen molar-refractivity contribution in [2.75, 3.05) is 7.11 Å². The van der Waals surface area contributed by atoms with E-state index in [1.165, 1.54) is 82.8 Å². The van der Waals surface area contributed by atoms with Gasteiger partial charge >= 0.3 is 23.9 Å². The van der Waals surface area contributed by atoms with Gasteiger partial charge in [-0.2, -0.15) is 0 Å². The molecule has 18 heteroatoms. The standard InChI is InChI=1S/C18H16Br2O2.3C17H14Br2O2.C16H14Br2/c1-22-18(21)15-9-14-5-3-11-2-4-12(16(19)8-11)6-7-13(15)10-17(14)20;3*18-15-7-10-1-3-11(15)5-6-12-9-16(19)13(4-2-10)8-14(12)17(20)21;17-15-9-11-1-5-13(15)8-4-12-2-6-14(7-3-11)16(18)10-12/h2,4,8-10H,3,5-7H2,1H3;3*1,3,7-9H,2,4-6H2,(H,20,21);1-2,5-6,9-10H,3-4,7-8H2. The molecule has 8 nitrogen and oxygen atoms in total. The van der Waals surface area contributed by atoms with Gasteiger partial charge in [-0.15, -0.1) is 0 Å². The lowest BCUT2D eigenvalue weighted by molar-refractivity contribution is 0.0597. The first-order valence-corrected chi connectivity index (χ1v) is 42.0. The van der Waals surface area contributed by atoms with E-state index < -0.39 is 17.9 Å². The Labute approximate surface area is 686 Å². The summed E-state index contributed by atoms with van der Waals surface area (Å²) in [7, 11) is 1.44. The number of aryl methyl sites for hydroxylation is 20. The van der Waals surface area contributed by atoms with Crippen molar-refractivity contribution >= 4 is 183 Å². The largest absolute Gasteiger partial charge is 0.478 e. The molecule has 0 fully saturated rings. The summed E-state index contributed by atoms with van der Waals surface area (Å²) < 4.78 is 16.1. The molecule has 0 saturated heterocycles. The maximum atomic E-state index is 12.1. The molecule has 0 atom stereocenters. The Bertz CT molecular complexity index is 4560. The molecule has 10 aromatic rings. The van der Waals surface area contributed by atoms with E-state index in [1.807, 2.05) is 42.5 Å². The van der Waals surface area contributed by atoms with E-state index in [1.54, 1.807) is 0 Å². The van der Waals surface area contributed by atoms with Gasteiger partial charge in [-0.3, -0.25) is 0 Å². The highest BCUT2D eigenvalue weighted by Gasteiger charge is 2.22. The lowest BCUT2D eigenvalue weighted by Gasteiger charge is -2.15. The van der Waals surface area contributed by atoms with Gasteiger partial charge in [0.15, 0.2) is 0 Å². The highest BCUT2D eigenvalue weighted by atomic mass is 79.9. The minimum absolute atomic E-state index is 0.256. The summed E-state index contributed by atoms with van der Waals surface area (Å²) in [5.41, 5.74) is 25.6. The Hall–Kier alpha value is -5.12. The van der Waals surface area contributed by atoms with Crippen LogP contribution in [0.5, 0.6) is 0 Å². The summed E-state index contributed by atoms with van der Waals surface area (Å²) in [6.07, 6.45) is 17.7. The Morgan fingerprint density at radius 2 is 0.388 bits per heavy atom. The number of ether oxygens (including phenoxy) is 1. The third-order valence-electron chi connectivity index (χ3n) is 19.6. The van der Waals surface area contributed by atoms with Gasteiger partial charge in [0.05, 0.1) is 29.4 Å². The molecular formula is C85H72Br10O8. The molecule has 0 radical (unpaired) electrons. The molecule has 0 heterocycles. The molecular weight excluding hydrogens is 1950 g/mol. The second-order valence-electron chi connectivity index (χ2n) is 26.4. The summed E-state index contributed by atoms with van der Waals surface area (Å²) in [6, 6.07) is 55.1. The molecule has 20 aliphatic carbocycles. The zero-order chi connectivity index (χ0) is 73.2. The average Bonchev–Trinajstić information content (AvgIpc) is 0.821. The van der Waals surface area contributed by atoms with Crippen LogP contribution in [0.4, 0.5) is 0 Å². The topological polar surface area (TPSA) is 138 Å². The van der Waals surface area contributed by atoms with Crippen LogP contribution in [0.3, 0.4) is 0 Å². The summed E-state index contributed by atoms with van der Waals surface area (Å²) in [6.45, 7) is 0. The molecule has 530 valence electrons. The molecule has 3 N–H and O–H groups in total. The molecule has 10 aromatic carbocycles. The maximum absolute atomic E-state index is 12.1.